The number of hydrogen-bond donors (Lipinski definition) is 1. The summed E-state index contributed by atoms with van der Waals surface area (Å²) in [7, 11) is 0. The van der Waals surface area contributed by atoms with Gasteiger partial charge in [0, 0.05) is 35.7 Å². The number of ether oxygens (including phenoxy) is 1. The second-order valence-electron chi connectivity index (χ2n) is 5.40. The molecule has 2 aromatic heterocycles. The molecule has 0 aliphatic carbocycles. The van der Waals surface area contributed by atoms with Gasteiger partial charge < -0.3 is 9.15 Å². The number of furan rings is 1. The number of benzene rings is 1. The molecule has 0 fully saturated rings. The van der Waals surface area contributed by atoms with Gasteiger partial charge in [0.1, 0.15) is 0 Å². The standard InChI is InChI=1S/C18H11BrN4O6/c19-14-9-13(23(26)27)8-12(16(14)29-18(25)15-2-1-7-28-15)10-21-22-17(24)11-3-5-20-6-4-11/h1-10H,(H,22,24)/b21-10-. The number of pyridine rings is 1. The summed E-state index contributed by atoms with van der Waals surface area (Å²) in [6.45, 7) is 0. The summed E-state index contributed by atoms with van der Waals surface area (Å²) in [5.74, 6) is -1.40. The average Bonchev–Trinajstić information content (AvgIpc) is 3.25. The van der Waals surface area contributed by atoms with E-state index in [9.17, 15) is 19.7 Å². The smallest absolute Gasteiger partial charge is 0.379 e. The first-order valence-electron chi connectivity index (χ1n) is 7.92. The Hall–Kier alpha value is -3.86. The number of non-ortho nitro benzene ring substituents is 1. The molecule has 29 heavy (non-hydrogen) atoms. The number of hydrogen-bond acceptors (Lipinski definition) is 8. The van der Waals surface area contributed by atoms with Crippen LogP contribution in [0.5, 0.6) is 5.75 Å². The number of nitrogens with zero attached hydrogens (tertiary/aromatic N) is 3. The van der Waals surface area contributed by atoms with Crippen LogP contribution in [0.25, 0.3) is 0 Å². The van der Waals surface area contributed by atoms with Crippen molar-refractivity contribution in [3.63, 3.8) is 0 Å². The summed E-state index contributed by atoms with van der Waals surface area (Å²) < 4.78 is 10.4. The zero-order valence-corrected chi connectivity index (χ0v) is 16.0. The highest BCUT2D eigenvalue weighted by atomic mass is 79.9. The first-order valence-corrected chi connectivity index (χ1v) is 8.72. The lowest BCUT2D eigenvalue weighted by Crippen LogP contribution is -2.17. The minimum atomic E-state index is -0.806. The zero-order chi connectivity index (χ0) is 20.8. The lowest BCUT2D eigenvalue weighted by molar-refractivity contribution is -0.385. The van der Waals surface area contributed by atoms with Crippen molar-refractivity contribution in [3.8, 4) is 5.75 Å². The van der Waals surface area contributed by atoms with Crippen LogP contribution in [0.1, 0.15) is 26.5 Å². The highest BCUT2D eigenvalue weighted by Crippen LogP contribution is 2.33. The van der Waals surface area contributed by atoms with Crippen LogP contribution in [0.2, 0.25) is 0 Å². The van der Waals surface area contributed by atoms with E-state index in [1.54, 1.807) is 0 Å². The van der Waals surface area contributed by atoms with Crippen molar-refractivity contribution in [2.45, 2.75) is 0 Å². The first kappa shape index (κ1) is 19.9. The van der Waals surface area contributed by atoms with Crippen molar-refractivity contribution in [1.29, 1.82) is 0 Å². The maximum atomic E-state index is 12.2. The van der Waals surface area contributed by atoms with Gasteiger partial charge in [0.25, 0.3) is 11.6 Å². The molecule has 1 amide bonds. The average molecular weight is 459 g/mol. The number of amides is 1. The van der Waals surface area contributed by atoms with Gasteiger partial charge in [0.05, 0.1) is 21.9 Å². The zero-order valence-electron chi connectivity index (χ0n) is 14.4. The van der Waals surface area contributed by atoms with E-state index in [1.807, 2.05) is 0 Å². The Balaban J connectivity index is 1.87. The lowest BCUT2D eigenvalue weighted by Gasteiger charge is -2.09. The van der Waals surface area contributed by atoms with Crippen LogP contribution in [0.15, 0.2) is 69.0 Å². The van der Waals surface area contributed by atoms with Gasteiger partial charge in [0.15, 0.2) is 5.75 Å². The molecule has 0 unspecified atom stereocenters. The van der Waals surface area contributed by atoms with E-state index in [0.29, 0.717) is 5.56 Å². The number of halogens is 1. The number of nitro benzene ring substituents is 1. The van der Waals surface area contributed by atoms with Crippen molar-refractivity contribution in [2.24, 2.45) is 5.10 Å². The van der Waals surface area contributed by atoms with E-state index in [4.69, 9.17) is 9.15 Å². The van der Waals surface area contributed by atoms with Gasteiger partial charge in [-0.15, -0.1) is 0 Å². The number of nitro groups is 1. The van der Waals surface area contributed by atoms with Gasteiger partial charge in [-0.1, -0.05) is 0 Å². The fraction of sp³-hybridized carbons (Fsp3) is 0. The first-order chi connectivity index (χ1) is 14.0. The van der Waals surface area contributed by atoms with Gasteiger partial charge in [-0.05, 0) is 40.2 Å². The molecule has 11 heteroatoms. The van der Waals surface area contributed by atoms with Crippen LogP contribution in [0, 0.1) is 10.1 Å². The third kappa shape index (κ3) is 4.90. The van der Waals surface area contributed by atoms with Crippen LogP contribution in [-0.4, -0.2) is 28.0 Å². The van der Waals surface area contributed by atoms with E-state index in [1.165, 1.54) is 49.0 Å². The molecule has 1 N–H and O–H groups in total. The largest absolute Gasteiger partial charge is 0.457 e. The van der Waals surface area contributed by atoms with Crippen LogP contribution < -0.4 is 10.2 Å². The molecule has 146 valence electrons. The summed E-state index contributed by atoms with van der Waals surface area (Å²) in [6, 6.07) is 8.23. The molecular formula is C18H11BrN4O6. The van der Waals surface area contributed by atoms with Gasteiger partial charge in [-0.3, -0.25) is 19.9 Å². The highest BCUT2D eigenvalue weighted by Gasteiger charge is 2.20. The quantitative estimate of drug-likeness (QED) is 0.196. The predicted molar refractivity (Wildman–Crippen MR) is 104 cm³/mol. The maximum absolute atomic E-state index is 12.2. The normalized spacial score (nSPS) is 10.7. The van der Waals surface area contributed by atoms with Gasteiger partial charge in [-0.2, -0.15) is 5.10 Å². The van der Waals surface area contributed by atoms with E-state index < -0.39 is 16.8 Å². The molecule has 0 aliphatic rings. The minimum Gasteiger partial charge on any atom is -0.457 e. The molecule has 0 radical (unpaired) electrons. The fourth-order valence-corrected chi connectivity index (χ4v) is 2.72. The van der Waals surface area contributed by atoms with Crippen molar-refractivity contribution < 1.29 is 23.7 Å². The lowest BCUT2D eigenvalue weighted by atomic mass is 10.2. The second-order valence-corrected chi connectivity index (χ2v) is 6.26. The van der Waals surface area contributed by atoms with Crippen molar-refractivity contribution in [3.05, 3.63) is 86.5 Å². The molecule has 3 rings (SSSR count). The summed E-state index contributed by atoms with van der Waals surface area (Å²) in [5.41, 5.74) is 2.42. The minimum absolute atomic E-state index is 0.0288. The molecule has 2 heterocycles. The number of aromatic nitrogens is 1. The summed E-state index contributed by atoms with van der Waals surface area (Å²) in [5, 5.41) is 14.9. The topological polar surface area (TPSA) is 137 Å². The third-order valence-electron chi connectivity index (χ3n) is 3.50. The Morgan fingerprint density at radius 2 is 2.03 bits per heavy atom. The molecule has 0 atom stereocenters. The van der Waals surface area contributed by atoms with E-state index >= 15 is 0 Å². The van der Waals surface area contributed by atoms with Gasteiger partial charge in [-0.25, -0.2) is 10.2 Å². The SMILES string of the molecule is O=C(N/N=C\c1cc([N+](=O)[O-])cc(Br)c1OC(=O)c1ccco1)c1ccncc1. The molecular weight excluding hydrogens is 448 g/mol. The third-order valence-corrected chi connectivity index (χ3v) is 4.09. The molecule has 3 aromatic rings. The molecule has 0 spiro atoms. The van der Waals surface area contributed by atoms with Crippen molar-refractivity contribution in [2.75, 3.05) is 0 Å². The Labute approximate surface area is 171 Å². The number of rotatable bonds is 6. The molecule has 1 aromatic carbocycles. The summed E-state index contributed by atoms with van der Waals surface area (Å²) in [4.78, 5) is 38.5. The number of esters is 1. The summed E-state index contributed by atoms with van der Waals surface area (Å²) in [6.07, 6.45) is 5.32. The predicted octanol–water partition coefficient (Wildman–Crippen LogP) is 3.33. The Morgan fingerprint density at radius 1 is 1.28 bits per heavy atom. The molecule has 0 saturated carbocycles. The van der Waals surface area contributed by atoms with Crippen LogP contribution in [0.4, 0.5) is 5.69 Å². The van der Waals surface area contributed by atoms with E-state index in [2.05, 4.69) is 31.4 Å². The maximum Gasteiger partial charge on any atom is 0.379 e. The number of carbonyl (C=O) groups is 2. The van der Waals surface area contributed by atoms with Crippen LogP contribution in [0.3, 0.4) is 0 Å². The van der Waals surface area contributed by atoms with Crippen LogP contribution >= 0.6 is 15.9 Å². The van der Waals surface area contributed by atoms with Crippen molar-refractivity contribution >= 4 is 39.7 Å². The van der Waals surface area contributed by atoms with Crippen molar-refractivity contribution in [1.82, 2.24) is 10.4 Å². The summed E-state index contributed by atoms with van der Waals surface area (Å²) >= 11 is 3.15. The van der Waals surface area contributed by atoms with Gasteiger partial charge >= 0.3 is 5.97 Å². The van der Waals surface area contributed by atoms with E-state index in [0.717, 1.165) is 12.3 Å². The number of carbonyl (C=O) groups excluding carboxylic acids is 2. The molecule has 0 aliphatic heterocycles. The van der Waals surface area contributed by atoms with E-state index in [-0.39, 0.29) is 27.2 Å². The molecule has 10 nitrogen and oxygen atoms in total. The van der Waals surface area contributed by atoms with Gasteiger partial charge in [0.2, 0.25) is 5.76 Å². The Bertz CT molecular complexity index is 1080. The monoisotopic (exact) mass is 458 g/mol. The van der Waals surface area contributed by atoms with Crippen LogP contribution in [-0.2, 0) is 0 Å². The highest BCUT2D eigenvalue weighted by molar-refractivity contribution is 9.10. The second kappa shape index (κ2) is 8.89. The molecule has 0 bridgehead atoms. The number of hydrazone groups is 1. The number of nitrogens with one attached hydrogen (secondary N) is 1. The Kier molecular flexibility index (Phi) is 6.09. The molecule has 0 saturated heterocycles. The fourth-order valence-electron chi connectivity index (χ4n) is 2.17. The Morgan fingerprint density at radius 3 is 2.69 bits per heavy atom.